The number of nitriles is 1. The molecule has 0 saturated heterocycles. The van der Waals surface area contributed by atoms with E-state index in [1.807, 2.05) is 0 Å². The van der Waals surface area contributed by atoms with E-state index in [2.05, 4.69) is 6.07 Å². The number of amides is 1. The van der Waals surface area contributed by atoms with E-state index in [-0.39, 0.29) is 18.2 Å². The SMILES string of the molecule is COc1cc(CC(=O)N(C)C[C@H](C)C#N)cc(OC)c1OC. The van der Waals surface area contributed by atoms with Gasteiger partial charge in [-0.2, -0.15) is 5.26 Å². The van der Waals surface area contributed by atoms with Gasteiger partial charge in [0.2, 0.25) is 11.7 Å². The van der Waals surface area contributed by atoms with Gasteiger partial charge in [-0.3, -0.25) is 4.79 Å². The van der Waals surface area contributed by atoms with E-state index in [4.69, 9.17) is 19.5 Å². The number of ether oxygens (including phenoxy) is 3. The van der Waals surface area contributed by atoms with Crippen molar-refractivity contribution in [2.75, 3.05) is 34.9 Å². The smallest absolute Gasteiger partial charge is 0.226 e. The molecule has 1 aromatic carbocycles. The molecule has 1 aromatic rings. The van der Waals surface area contributed by atoms with Gasteiger partial charge in [0.05, 0.1) is 39.7 Å². The van der Waals surface area contributed by atoms with Crippen LogP contribution in [0.15, 0.2) is 12.1 Å². The average Bonchev–Trinajstić information content (AvgIpc) is 2.53. The van der Waals surface area contributed by atoms with Crippen LogP contribution in [0.3, 0.4) is 0 Å². The molecule has 1 amide bonds. The molecule has 0 aliphatic rings. The Morgan fingerprint density at radius 1 is 1.23 bits per heavy atom. The summed E-state index contributed by atoms with van der Waals surface area (Å²) in [7, 11) is 6.28. The Labute approximate surface area is 131 Å². The third-order valence-electron chi connectivity index (χ3n) is 3.27. The minimum atomic E-state index is -0.200. The number of rotatable bonds is 7. The molecule has 0 spiro atoms. The molecule has 0 bridgehead atoms. The van der Waals surface area contributed by atoms with Crippen LogP contribution in [0.1, 0.15) is 12.5 Å². The van der Waals surface area contributed by atoms with E-state index >= 15 is 0 Å². The number of methoxy groups -OCH3 is 3. The largest absolute Gasteiger partial charge is 0.493 e. The fourth-order valence-corrected chi connectivity index (χ4v) is 2.10. The summed E-state index contributed by atoms with van der Waals surface area (Å²) in [5, 5.41) is 8.81. The summed E-state index contributed by atoms with van der Waals surface area (Å²) in [6.45, 7) is 2.18. The minimum absolute atomic E-state index is 0.0728. The lowest BCUT2D eigenvalue weighted by molar-refractivity contribution is -0.129. The third-order valence-corrected chi connectivity index (χ3v) is 3.27. The molecule has 1 rings (SSSR count). The predicted octanol–water partition coefficient (Wildman–Crippen LogP) is 1.87. The Morgan fingerprint density at radius 3 is 2.18 bits per heavy atom. The number of benzene rings is 1. The zero-order valence-electron chi connectivity index (χ0n) is 13.7. The van der Waals surface area contributed by atoms with Crippen molar-refractivity contribution in [3.63, 3.8) is 0 Å². The van der Waals surface area contributed by atoms with E-state index in [0.29, 0.717) is 23.8 Å². The van der Waals surface area contributed by atoms with Crippen molar-refractivity contribution in [1.29, 1.82) is 5.26 Å². The molecular weight excluding hydrogens is 284 g/mol. The predicted molar refractivity (Wildman–Crippen MR) is 82.2 cm³/mol. The van der Waals surface area contributed by atoms with Crippen molar-refractivity contribution in [3.8, 4) is 23.3 Å². The van der Waals surface area contributed by atoms with Crippen molar-refractivity contribution < 1.29 is 19.0 Å². The minimum Gasteiger partial charge on any atom is -0.493 e. The highest BCUT2D eigenvalue weighted by Gasteiger charge is 2.17. The third kappa shape index (κ3) is 4.29. The Balaban J connectivity index is 2.94. The van der Waals surface area contributed by atoms with Crippen molar-refractivity contribution in [1.82, 2.24) is 4.90 Å². The summed E-state index contributed by atoms with van der Waals surface area (Å²) < 4.78 is 15.8. The molecule has 0 aliphatic carbocycles. The van der Waals surface area contributed by atoms with Gasteiger partial charge in [0.25, 0.3) is 0 Å². The molecule has 0 unspecified atom stereocenters. The van der Waals surface area contributed by atoms with Crippen LogP contribution in [0.4, 0.5) is 0 Å². The van der Waals surface area contributed by atoms with Gasteiger partial charge in [0.15, 0.2) is 11.5 Å². The maximum atomic E-state index is 12.2. The molecule has 120 valence electrons. The van der Waals surface area contributed by atoms with Crippen LogP contribution in [-0.2, 0) is 11.2 Å². The van der Waals surface area contributed by atoms with Gasteiger partial charge in [-0.1, -0.05) is 0 Å². The standard InChI is InChI=1S/C16H22N2O4/c1-11(9-17)10-18(2)15(19)8-12-6-13(20-3)16(22-5)14(7-12)21-4/h6-7,11H,8,10H2,1-5H3/t11-/m1/s1. The summed E-state index contributed by atoms with van der Waals surface area (Å²) in [6.07, 6.45) is 0.200. The highest BCUT2D eigenvalue weighted by molar-refractivity contribution is 5.79. The van der Waals surface area contributed by atoms with Crippen LogP contribution in [0, 0.1) is 17.2 Å². The Kier molecular flexibility index (Phi) is 6.51. The van der Waals surface area contributed by atoms with Crippen molar-refractivity contribution in [2.24, 2.45) is 5.92 Å². The lowest BCUT2D eigenvalue weighted by Crippen LogP contribution is -2.31. The molecule has 22 heavy (non-hydrogen) atoms. The number of nitrogens with zero attached hydrogens (tertiary/aromatic N) is 2. The molecule has 6 nitrogen and oxygen atoms in total. The fraction of sp³-hybridized carbons (Fsp3) is 0.500. The number of carbonyl (C=O) groups excluding carboxylic acids is 1. The normalized spacial score (nSPS) is 11.3. The van der Waals surface area contributed by atoms with Crippen molar-refractivity contribution in [3.05, 3.63) is 17.7 Å². The highest BCUT2D eigenvalue weighted by Crippen LogP contribution is 2.38. The number of carbonyl (C=O) groups is 1. The van der Waals surface area contributed by atoms with Crippen LogP contribution in [-0.4, -0.2) is 45.7 Å². The second-order valence-electron chi connectivity index (χ2n) is 5.01. The van der Waals surface area contributed by atoms with Gasteiger partial charge in [-0.15, -0.1) is 0 Å². The van der Waals surface area contributed by atoms with Crippen molar-refractivity contribution >= 4 is 5.91 Å². The highest BCUT2D eigenvalue weighted by atomic mass is 16.5. The maximum Gasteiger partial charge on any atom is 0.226 e. The van der Waals surface area contributed by atoms with Crippen LogP contribution in [0.2, 0.25) is 0 Å². The van der Waals surface area contributed by atoms with Gasteiger partial charge in [-0.05, 0) is 24.6 Å². The van der Waals surface area contributed by atoms with E-state index < -0.39 is 0 Å². The number of hydrogen-bond donors (Lipinski definition) is 0. The molecule has 6 heteroatoms. The average molecular weight is 306 g/mol. The first-order valence-electron chi connectivity index (χ1n) is 6.89. The second-order valence-corrected chi connectivity index (χ2v) is 5.01. The van der Waals surface area contributed by atoms with E-state index in [9.17, 15) is 4.79 Å². The summed E-state index contributed by atoms with van der Waals surface area (Å²) in [5.74, 6) is 1.24. The first-order chi connectivity index (χ1) is 10.5. The quantitative estimate of drug-likeness (QED) is 0.769. The van der Waals surface area contributed by atoms with Crippen LogP contribution in [0.25, 0.3) is 0 Å². The van der Waals surface area contributed by atoms with Gasteiger partial charge < -0.3 is 19.1 Å². The molecule has 1 atom stereocenters. The second kappa shape index (κ2) is 8.13. The van der Waals surface area contributed by atoms with Gasteiger partial charge in [0, 0.05) is 13.6 Å². The Hall–Kier alpha value is -2.42. The lowest BCUT2D eigenvalue weighted by Gasteiger charge is -2.19. The van der Waals surface area contributed by atoms with E-state index in [1.165, 1.54) is 21.3 Å². The van der Waals surface area contributed by atoms with Gasteiger partial charge >= 0.3 is 0 Å². The molecule has 0 fully saturated rings. The Morgan fingerprint density at radius 2 is 1.77 bits per heavy atom. The Bertz CT molecular complexity index is 541. The molecular formula is C16H22N2O4. The molecule has 0 N–H and O–H groups in total. The van der Waals surface area contributed by atoms with E-state index in [1.54, 1.807) is 31.0 Å². The molecule has 0 aliphatic heterocycles. The van der Waals surface area contributed by atoms with Crippen LogP contribution in [0.5, 0.6) is 17.2 Å². The topological polar surface area (TPSA) is 71.8 Å². The molecule has 0 heterocycles. The summed E-state index contributed by atoms with van der Waals surface area (Å²) in [6, 6.07) is 5.62. The molecule has 0 radical (unpaired) electrons. The summed E-state index contributed by atoms with van der Waals surface area (Å²) >= 11 is 0. The first kappa shape index (κ1) is 17.6. The van der Waals surface area contributed by atoms with E-state index in [0.717, 1.165) is 5.56 Å². The zero-order chi connectivity index (χ0) is 16.7. The van der Waals surface area contributed by atoms with Gasteiger partial charge in [0.1, 0.15) is 0 Å². The molecule has 0 saturated carbocycles. The monoisotopic (exact) mass is 306 g/mol. The number of likely N-dealkylation sites (N-methyl/N-ethyl adjacent to an activating group) is 1. The van der Waals surface area contributed by atoms with Crippen LogP contribution >= 0.6 is 0 Å². The van der Waals surface area contributed by atoms with Gasteiger partial charge in [-0.25, -0.2) is 0 Å². The summed E-state index contributed by atoms with van der Waals surface area (Å²) in [5.41, 5.74) is 0.760. The maximum absolute atomic E-state index is 12.2. The van der Waals surface area contributed by atoms with Crippen molar-refractivity contribution in [2.45, 2.75) is 13.3 Å². The molecule has 0 aromatic heterocycles. The number of hydrogen-bond acceptors (Lipinski definition) is 5. The lowest BCUT2D eigenvalue weighted by atomic mass is 10.1. The summed E-state index contributed by atoms with van der Waals surface area (Å²) in [4.78, 5) is 13.8. The first-order valence-corrected chi connectivity index (χ1v) is 6.89. The van der Waals surface area contributed by atoms with Crippen LogP contribution < -0.4 is 14.2 Å². The zero-order valence-corrected chi connectivity index (χ0v) is 13.7. The fourth-order valence-electron chi connectivity index (χ4n) is 2.10.